The number of ether oxygens (including phenoxy) is 4. The minimum Gasteiger partial charge on any atom is -0.508 e. The highest BCUT2D eigenvalue weighted by Gasteiger charge is 2.42. The van der Waals surface area contributed by atoms with Crippen molar-refractivity contribution in [1.82, 2.24) is 37.2 Å². The third kappa shape index (κ3) is 11.4. The highest BCUT2D eigenvalue weighted by molar-refractivity contribution is 6.33. The summed E-state index contributed by atoms with van der Waals surface area (Å²) in [4.78, 5) is 105. The summed E-state index contributed by atoms with van der Waals surface area (Å²) in [7, 11) is 1.47. The summed E-state index contributed by atoms with van der Waals surface area (Å²) in [6.07, 6.45) is -2.34. The van der Waals surface area contributed by atoms with Crippen molar-refractivity contribution in [3.05, 3.63) is 164 Å². The topological polar surface area (TPSA) is 382 Å². The number of carbonyl (C=O) groups excluding carboxylic acids is 7. The van der Waals surface area contributed by atoms with Crippen LogP contribution in [-0.2, 0) is 44.7 Å². The fraction of sp³-hybridized carbons (Fsp3) is 0.197. The number of likely N-dealkylation sites (N-methyl/N-ethyl adjacent to an activating group) is 1. The number of nitrogens with one attached hydrogen (secondary N) is 7. The average molecular weight is 1240 g/mol. The Kier molecular flexibility index (Phi) is 16.0. The second-order valence-electron chi connectivity index (χ2n) is 20.7. The fourth-order valence-electron chi connectivity index (χ4n) is 10.7. The van der Waals surface area contributed by atoms with E-state index in [-0.39, 0.29) is 85.6 Å². The largest absolute Gasteiger partial charge is 0.508 e. The van der Waals surface area contributed by atoms with Gasteiger partial charge in [0.2, 0.25) is 41.2 Å². The highest BCUT2D eigenvalue weighted by atomic mass is 35.5. The standard InChI is InChI=1S/C61H51Cl2N7O18/c1-3-85-61(84)51-33-20-29(71)21-39(74)45(33)32-15-25(6-11-37(32)72)48-57(80)70-52(60(83)69-51)53(76)27-8-13-41(35(62)16-27)88-44-19-28-18-43(54(44)77)86-30-9-4-24(5-10-30)14-36-55(78)68-50(59(82)67-49(28)58(81)66-48)34-22-31(23-40(75)46(34)63)87-42-17-26(7-12-38(42)73)47(64-2)56(79)65-36/h4-13,15-23,36,47-53,64,71-77H,3,14H2,1-2H3,(H,65,79)(H,66,81)(H,67,82)(H,68,78)(H,69,83)(H,70,80). The number of hydrogen-bond acceptors (Lipinski definition) is 19. The summed E-state index contributed by atoms with van der Waals surface area (Å²) < 4.78 is 23.9. The predicted octanol–water partition coefficient (Wildman–Crippen LogP) is 5.72. The number of aliphatic hydroxyl groups is 1. The SMILES string of the molecule is CCOC(=O)C1NC(=O)C2NC(=O)C(NC(=O)C3NC(=O)C4NC(=O)C(Cc5ccc(cc5)Oc5cc3cc(c5O)Oc3ccc(cc3Cl)C2O)NC(=O)C(NC)c2ccc(O)c(c2)Oc2cc(O)c(Cl)c4c2)c2ccc(O)c(c2)-c2c(O)cc(O)cc21. The lowest BCUT2D eigenvalue weighted by Crippen LogP contribution is -2.55. The van der Waals surface area contributed by atoms with E-state index in [1.54, 1.807) is 12.1 Å². The third-order valence-corrected chi connectivity index (χ3v) is 15.7. The number of aliphatic hydroxyl groups excluding tert-OH is 1. The first-order valence-corrected chi connectivity index (χ1v) is 27.7. The van der Waals surface area contributed by atoms with Gasteiger partial charge < -0.3 is 91.9 Å². The van der Waals surface area contributed by atoms with Gasteiger partial charge in [0, 0.05) is 40.8 Å². The molecule has 6 amide bonds. The average Bonchev–Trinajstić information content (AvgIpc) is 1.80. The molecule has 452 valence electrons. The Hall–Kier alpha value is -10.5. The molecule has 0 saturated carbocycles. The maximum atomic E-state index is 15.8. The highest BCUT2D eigenvalue weighted by Crippen LogP contribution is 2.48. The number of carbonyl (C=O) groups is 7. The molecule has 88 heavy (non-hydrogen) atoms. The van der Waals surface area contributed by atoms with E-state index in [9.17, 15) is 50.1 Å². The van der Waals surface area contributed by atoms with Crippen molar-refractivity contribution < 1.29 is 88.3 Å². The number of halogens is 2. The summed E-state index contributed by atoms with van der Waals surface area (Å²) in [5, 5.41) is 98.3. The van der Waals surface area contributed by atoms with Crippen molar-refractivity contribution in [3.8, 4) is 80.1 Å². The lowest BCUT2D eigenvalue weighted by molar-refractivity contribution is -0.148. The number of phenolic OH excluding ortho intramolecular Hbond substituents is 6. The van der Waals surface area contributed by atoms with Crippen LogP contribution in [0, 0.1) is 0 Å². The Balaban J connectivity index is 1.14. The molecule has 0 aliphatic carbocycles. The van der Waals surface area contributed by atoms with Gasteiger partial charge in [-0.05, 0) is 115 Å². The van der Waals surface area contributed by atoms with E-state index in [1.807, 2.05) is 0 Å². The Morgan fingerprint density at radius 1 is 0.557 bits per heavy atom. The number of phenols is 6. The van der Waals surface area contributed by atoms with Crippen LogP contribution in [0.1, 0.15) is 82.2 Å². The van der Waals surface area contributed by atoms with Crippen molar-refractivity contribution in [2.24, 2.45) is 0 Å². The number of fused-ring (bicyclic) bond motifs is 14. The molecule has 0 radical (unpaired) electrons. The Morgan fingerprint density at radius 3 is 1.91 bits per heavy atom. The molecule has 6 heterocycles. The van der Waals surface area contributed by atoms with Gasteiger partial charge >= 0.3 is 5.97 Å². The minimum atomic E-state index is -2.16. The summed E-state index contributed by atoms with van der Waals surface area (Å²) in [6.45, 7) is 1.21. The maximum absolute atomic E-state index is 15.8. The van der Waals surface area contributed by atoms with Gasteiger partial charge in [-0.15, -0.1) is 0 Å². The van der Waals surface area contributed by atoms with Crippen LogP contribution in [0.4, 0.5) is 0 Å². The molecule has 0 saturated heterocycles. The Morgan fingerprint density at radius 2 is 1.19 bits per heavy atom. The number of benzene rings is 7. The monoisotopic (exact) mass is 1240 g/mol. The van der Waals surface area contributed by atoms with E-state index in [1.165, 1.54) is 56.4 Å². The minimum absolute atomic E-state index is 0.0512. The molecule has 7 aromatic rings. The number of aromatic hydroxyl groups is 6. The van der Waals surface area contributed by atoms with Gasteiger partial charge in [0.15, 0.2) is 29.0 Å². The van der Waals surface area contributed by atoms with Crippen LogP contribution in [0.3, 0.4) is 0 Å². The van der Waals surface area contributed by atoms with Crippen molar-refractivity contribution >= 4 is 64.6 Å². The van der Waals surface area contributed by atoms with Gasteiger partial charge in [0.05, 0.1) is 16.7 Å². The molecule has 6 aliphatic heterocycles. The zero-order chi connectivity index (χ0) is 62.6. The first-order valence-electron chi connectivity index (χ1n) is 26.9. The molecule has 7 aromatic carbocycles. The van der Waals surface area contributed by atoms with E-state index in [0.29, 0.717) is 5.56 Å². The predicted molar refractivity (Wildman–Crippen MR) is 309 cm³/mol. The summed E-state index contributed by atoms with van der Waals surface area (Å²) in [5.41, 5.74) is -1.45. The van der Waals surface area contributed by atoms with Gasteiger partial charge in [-0.1, -0.05) is 53.5 Å². The molecule has 27 heteroatoms. The van der Waals surface area contributed by atoms with Crippen LogP contribution in [0.15, 0.2) is 115 Å². The van der Waals surface area contributed by atoms with Gasteiger partial charge in [0.25, 0.3) is 0 Å². The smallest absolute Gasteiger partial charge is 0.333 e. The number of esters is 1. The number of hydrogen-bond donors (Lipinski definition) is 14. The molecule has 8 atom stereocenters. The molecular weight excluding hydrogens is 1190 g/mol. The molecule has 0 aromatic heterocycles. The first kappa shape index (κ1) is 59.3. The van der Waals surface area contributed by atoms with Crippen LogP contribution in [0.2, 0.25) is 10.0 Å². The lowest BCUT2D eigenvalue weighted by atomic mass is 9.89. The van der Waals surface area contributed by atoms with Crippen molar-refractivity contribution in [2.45, 2.75) is 61.7 Å². The normalized spacial score (nSPS) is 21.6. The molecule has 8 unspecified atom stereocenters. The van der Waals surface area contributed by atoms with Crippen molar-refractivity contribution in [2.75, 3.05) is 13.7 Å². The van der Waals surface area contributed by atoms with E-state index in [2.05, 4.69) is 37.2 Å². The van der Waals surface area contributed by atoms with Crippen molar-refractivity contribution in [3.63, 3.8) is 0 Å². The summed E-state index contributed by atoms with van der Waals surface area (Å²) in [6, 6.07) is 10.2. The molecule has 0 fully saturated rings. The fourth-order valence-corrected chi connectivity index (χ4v) is 11.1. The summed E-state index contributed by atoms with van der Waals surface area (Å²) >= 11 is 13.7. The third-order valence-electron chi connectivity index (χ3n) is 15.0. The van der Waals surface area contributed by atoms with Gasteiger partial charge in [-0.3, -0.25) is 28.8 Å². The van der Waals surface area contributed by atoms with Crippen LogP contribution in [0.25, 0.3) is 11.1 Å². The van der Waals surface area contributed by atoms with Gasteiger partial charge in [-0.25, -0.2) is 4.79 Å². The number of amides is 6. The molecule has 25 nitrogen and oxygen atoms in total. The first-order chi connectivity index (χ1) is 42.1. The zero-order valence-corrected chi connectivity index (χ0v) is 47.4. The van der Waals surface area contributed by atoms with Gasteiger partial charge in [-0.2, -0.15) is 0 Å². The molecule has 0 spiro atoms. The Bertz CT molecular complexity index is 4070. The van der Waals surface area contributed by atoms with E-state index in [4.69, 9.17) is 42.1 Å². The zero-order valence-electron chi connectivity index (χ0n) is 45.9. The van der Waals surface area contributed by atoms with Crippen LogP contribution in [-0.4, -0.2) is 103 Å². The summed E-state index contributed by atoms with van der Waals surface area (Å²) in [5.74, 6) is -13.5. The molecule has 17 bridgehead atoms. The van der Waals surface area contributed by atoms with E-state index < -0.39 is 141 Å². The molecule has 6 aliphatic rings. The van der Waals surface area contributed by atoms with E-state index in [0.717, 1.165) is 60.7 Å². The van der Waals surface area contributed by atoms with E-state index >= 15 is 19.2 Å². The molecule has 14 N–H and O–H groups in total. The van der Waals surface area contributed by atoms with Gasteiger partial charge in [0.1, 0.15) is 82.6 Å². The number of rotatable bonds is 3. The van der Waals surface area contributed by atoms with Crippen molar-refractivity contribution in [1.29, 1.82) is 0 Å². The second kappa shape index (κ2) is 23.8. The van der Waals surface area contributed by atoms with Crippen LogP contribution in [0.5, 0.6) is 69.0 Å². The second-order valence-corrected chi connectivity index (χ2v) is 21.5. The molecule has 13 rings (SSSR count). The quantitative estimate of drug-likeness (QED) is 0.0940. The Labute approximate surface area is 507 Å². The maximum Gasteiger partial charge on any atom is 0.333 e. The molecular formula is C61H51Cl2N7O18. The lowest BCUT2D eigenvalue weighted by Gasteiger charge is -2.31. The van der Waals surface area contributed by atoms with Crippen LogP contribution >= 0.6 is 23.2 Å². The van der Waals surface area contributed by atoms with Crippen LogP contribution < -0.4 is 51.4 Å².